The van der Waals surface area contributed by atoms with Gasteiger partial charge in [0.25, 0.3) is 0 Å². The maximum absolute atomic E-state index is 10.8. The Bertz CT molecular complexity index is 291. The van der Waals surface area contributed by atoms with Gasteiger partial charge in [0.2, 0.25) is 0 Å². The highest BCUT2D eigenvalue weighted by Gasteiger charge is 2.02. The van der Waals surface area contributed by atoms with Gasteiger partial charge in [0, 0.05) is 31.8 Å². The van der Waals surface area contributed by atoms with E-state index in [0.717, 1.165) is 18.1 Å². The Balaban J connectivity index is 2.13. The van der Waals surface area contributed by atoms with Crippen LogP contribution in [0.1, 0.15) is 0 Å². The van der Waals surface area contributed by atoms with Crippen LogP contribution in [-0.4, -0.2) is 37.4 Å². The summed E-state index contributed by atoms with van der Waals surface area (Å²) in [5.41, 5.74) is 1.81. The molecule has 15 heavy (non-hydrogen) atoms. The summed E-state index contributed by atoms with van der Waals surface area (Å²) in [6, 6.07) is -0.170. The fraction of sp³-hybridized carbons (Fsp3) is 0.500. The number of aromatic nitrogens is 1. The van der Waals surface area contributed by atoms with Crippen molar-refractivity contribution in [3.05, 3.63) is 10.9 Å². The Hall–Kier alpha value is -0.950. The van der Waals surface area contributed by atoms with Gasteiger partial charge in [-0.25, -0.2) is 9.78 Å². The third-order valence-electron chi connectivity index (χ3n) is 1.73. The van der Waals surface area contributed by atoms with E-state index in [1.54, 1.807) is 18.4 Å². The quantitative estimate of drug-likeness (QED) is 0.604. The summed E-state index contributed by atoms with van der Waals surface area (Å²) in [5, 5.41) is 4.48. The SMILES string of the molecule is CNC(=O)NSCCN(C)c1cscn1. The summed E-state index contributed by atoms with van der Waals surface area (Å²) < 4.78 is 2.66. The number of thiazole rings is 1. The molecule has 1 aromatic heterocycles. The van der Waals surface area contributed by atoms with Gasteiger partial charge >= 0.3 is 6.03 Å². The zero-order valence-corrected chi connectivity index (χ0v) is 10.3. The number of carbonyl (C=O) groups is 1. The first-order valence-corrected chi connectivity index (χ1v) is 6.35. The van der Waals surface area contributed by atoms with E-state index in [-0.39, 0.29) is 6.03 Å². The fourth-order valence-electron chi connectivity index (χ4n) is 0.859. The van der Waals surface area contributed by atoms with Gasteiger partial charge in [-0.2, -0.15) is 0 Å². The van der Waals surface area contributed by atoms with E-state index in [2.05, 4.69) is 19.9 Å². The number of carbonyl (C=O) groups excluding carboxylic acids is 1. The van der Waals surface area contributed by atoms with Crippen LogP contribution in [0.15, 0.2) is 10.9 Å². The number of urea groups is 1. The normalized spacial score (nSPS) is 9.73. The predicted octanol–water partition coefficient (Wildman–Crippen LogP) is 1.16. The minimum atomic E-state index is -0.170. The minimum Gasteiger partial charge on any atom is -0.358 e. The summed E-state index contributed by atoms with van der Waals surface area (Å²) in [4.78, 5) is 17.1. The van der Waals surface area contributed by atoms with E-state index >= 15 is 0 Å². The van der Waals surface area contributed by atoms with Crippen LogP contribution in [0, 0.1) is 0 Å². The molecule has 0 bridgehead atoms. The highest BCUT2D eigenvalue weighted by Crippen LogP contribution is 2.11. The van der Waals surface area contributed by atoms with E-state index in [0.29, 0.717) is 0 Å². The number of amides is 2. The van der Waals surface area contributed by atoms with Gasteiger partial charge in [-0.05, 0) is 11.9 Å². The lowest BCUT2D eigenvalue weighted by molar-refractivity contribution is 0.248. The molecule has 1 heterocycles. The molecular weight excluding hydrogens is 232 g/mol. The molecule has 1 aromatic rings. The summed E-state index contributed by atoms with van der Waals surface area (Å²) in [6.07, 6.45) is 0. The van der Waals surface area contributed by atoms with Crippen molar-refractivity contribution in [2.75, 3.05) is 31.3 Å². The number of hydrogen-bond donors (Lipinski definition) is 2. The van der Waals surface area contributed by atoms with Crippen molar-refractivity contribution in [1.29, 1.82) is 0 Å². The number of nitrogens with zero attached hydrogens (tertiary/aromatic N) is 2. The molecule has 2 amide bonds. The smallest absolute Gasteiger partial charge is 0.324 e. The Morgan fingerprint density at radius 2 is 2.53 bits per heavy atom. The van der Waals surface area contributed by atoms with Gasteiger partial charge < -0.3 is 10.2 Å². The Morgan fingerprint density at radius 3 is 3.13 bits per heavy atom. The van der Waals surface area contributed by atoms with Crippen LogP contribution in [0.4, 0.5) is 10.6 Å². The standard InChI is InChI=1S/C8H14N4OS2/c1-9-8(13)11-15-4-3-12(2)7-5-14-6-10-7/h5-6H,3-4H2,1-2H3,(H2,9,11,13). The Labute approximate surface area is 97.4 Å². The molecule has 1 rings (SSSR count). The summed E-state index contributed by atoms with van der Waals surface area (Å²) in [6.45, 7) is 0.846. The van der Waals surface area contributed by atoms with Crippen molar-refractivity contribution in [3.8, 4) is 0 Å². The summed E-state index contributed by atoms with van der Waals surface area (Å²) in [7, 11) is 3.58. The van der Waals surface area contributed by atoms with E-state index in [1.807, 2.05) is 17.9 Å². The van der Waals surface area contributed by atoms with E-state index in [9.17, 15) is 4.79 Å². The molecule has 0 aromatic carbocycles. The third-order valence-corrected chi connectivity index (χ3v) is 3.02. The van der Waals surface area contributed by atoms with E-state index in [4.69, 9.17) is 0 Å². The number of nitrogens with one attached hydrogen (secondary N) is 2. The average molecular weight is 246 g/mol. The minimum absolute atomic E-state index is 0.170. The molecule has 0 fully saturated rings. The van der Waals surface area contributed by atoms with E-state index in [1.165, 1.54) is 11.9 Å². The van der Waals surface area contributed by atoms with Crippen molar-refractivity contribution in [2.24, 2.45) is 0 Å². The van der Waals surface area contributed by atoms with Crippen LogP contribution in [0.5, 0.6) is 0 Å². The fourth-order valence-corrected chi connectivity index (χ4v) is 2.15. The first kappa shape index (κ1) is 12.1. The molecule has 0 aliphatic carbocycles. The molecule has 0 radical (unpaired) electrons. The van der Waals surface area contributed by atoms with Gasteiger partial charge in [-0.1, -0.05) is 0 Å². The molecule has 0 aliphatic heterocycles. The van der Waals surface area contributed by atoms with Gasteiger partial charge in [0.1, 0.15) is 5.82 Å². The Morgan fingerprint density at radius 1 is 1.73 bits per heavy atom. The molecule has 0 saturated heterocycles. The maximum Gasteiger partial charge on any atom is 0.324 e. The molecule has 2 N–H and O–H groups in total. The van der Waals surface area contributed by atoms with Gasteiger partial charge in [-0.3, -0.25) is 4.72 Å². The first-order valence-electron chi connectivity index (χ1n) is 4.43. The number of rotatable bonds is 5. The van der Waals surface area contributed by atoms with Crippen molar-refractivity contribution >= 4 is 35.1 Å². The van der Waals surface area contributed by atoms with Crippen molar-refractivity contribution in [3.63, 3.8) is 0 Å². The molecule has 84 valence electrons. The van der Waals surface area contributed by atoms with Crippen LogP contribution in [0.2, 0.25) is 0 Å². The highest BCUT2D eigenvalue weighted by atomic mass is 32.2. The second-order valence-corrected chi connectivity index (χ2v) is 4.42. The van der Waals surface area contributed by atoms with Gasteiger partial charge in [0.15, 0.2) is 0 Å². The van der Waals surface area contributed by atoms with Crippen LogP contribution < -0.4 is 14.9 Å². The van der Waals surface area contributed by atoms with Crippen LogP contribution >= 0.6 is 23.3 Å². The van der Waals surface area contributed by atoms with Crippen LogP contribution in [0.3, 0.4) is 0 Å². The first-order chi connectivity index (χ1) is 7.24. The van der Waals surface area contributed by atoms with Gasteiger partial charge in [-0.15, -0.1) is 11.3 Å². The largest absolute Gasteiger partial charge is 0.358 e. The zero-order chi connectivity index (χ0) is 11.1. The molecule has 0 spiro atoms. The Kier molecular flexibility index (Phi) is 5.27. The lowest BCUT2D eigenvalue weighted by atomic mass is 10.6. The predicted molar refractivity (Wildman–Crippen MR) is 65.4 cm³/mol. The van der Waals surface area contributed by atoms with Crippen molar-refractivity contribution < 1.29 is 4.79 Å². The van der Waals surface area contributed by atoms with Crippen LogP contribution in [0.25, 0.3) is 0 Å². The monoisotopic (exact) mass is 246 g/mol. The van der Waals surface area contributed by atoms with Crippen molar-refractivity contribution in [1.82, 2.24) is 15.0 Å². The molecule has 7 heteroatoms. The second-order valence-electron chi connectivity index (χ2n) is 2.80. The molecule has 0 unspecified atom stereocenters. The van der Waals surface area contributed by atoms with Crippen LogP contribution in [-0.2, 0) is 0 Å². The molecule has 0 saturated carbocycles. The molecule has 0 atom stereocenters. The zero-order valence-electron chi connectivity index (χ0n) is 8.69. The van der Waals surface area contributed by atoms with E-state index < -0.39 is 0 Å². The number of anilines is 1. The summed E-state index contributed by atoms with van der Waals surface area (Å²) in [5.74, 6) is 1.79. The maximum atomic E-state index is 10.8. The topological polar surface area (TPSA) is 57.3 Å². The average Bonchev–Trinajstić information content (AvgIpc) is 2.77. The lowest BCUT2D eigenvalue weighted by Crippen LogP contribution is -2.29. The summed E-state index contributed by atoms with van der Waals surface area (Å²) >= 11 is 2.96. The number of hydrogen-bond acceptors (Lipinski definition) is 5. The lowest BCUT2D eigenvalue weighted by Gasteiger charge is -2.15. The second kappa shape index (κ2) is 6.52. The highest BCUT2D eigenvalue weighted by molar-refractivity contribution is 7.97. The molecule has 5 nitrogen and oxygen atoms in total. The molecule has 0 aliphatic rings. The molecular formula is C8H14N4OS2. The third kappa shape index (κ3) is 4.39. The van der Waals surface area contributed by atoms with Crippen molar-refractivity contribution in [2.45, 2.75) is 0 Å². The van der Waals surface area contributed by atoms with Gasteiger partial charge in [0.05, 0.1) is 5.51 Å².